The molecule has 1 aromatic heterocycles. The first kappa shape index (κ1) is 13.5. The fourth-order valence-electron chi connectivity index (χ4n) is 2.04. The Balaban J connectivity index is 1.67. The minimum atomic E-state index is -0.810. The molecule has 0 radical (unpaired) electrons. The highest BCUT2D eigenvalue weighted by Gasteiger charge is 2.28. The Hall–Kier alpha value is -0.880. The van der Waals surface area contributed by atoms with Gasteiger partial charge in [0.15, 0.2) is 0 Å². The minimum absolute atomic E-state index is 0.382. The molecule has 5 heteroatoms. The number of aliphatic hydroxyl groups is 1. The van der Waals surface area contributed by atoms with Gasteiger partial charge in [0.2, 0.25) is 0 Å². The Morgan fingerprint density at radius 1 is 1.50 bits per heavy atom. The lowest BCUT2D eigenvalue weighted by Crippen LogP contribution is -2.50. The summed E-state index contributed by atoms with van der Waals surface area (Å²) in [6.45, 7) is 5.66. The summed E-state index contributed by atoms with van der Waals surface area (Å²) in [5.41, 5.74) is -0.810. The third kappa shape index (κ3) is 4.10. The van der Waals surface area contributed by atoms with Gasteiger partial charge in [-0.3, -0.25) is 0 Å². The first-order valence-electron chi connectivity index (χ1n) is 6.45. The summed E-state index contributed by atoms with van der Waals surface area (Å²) in [5.74, 6) is 1.91. The largest absolute Gasteiger partial charge is 0.466 e. The van der Waals surface area contributed by atoms with Gasteiger partial charge < -0.3 is 24.9 Å². The number of nitrogens with one attached hydrogen (secondary N) is 2. The third-order valence-corrected chi connectivity index (χ3v) is 3.05. The van der Waals surface area contributed by atoms with E-state index in [1.807, 2.05) is 19.1 Å². The number of hydrogen-bond donors (Lipinski definition) is 3. The average molecular weight is 254 g/mol. The molecule has 2 rings (SSSR count). The van der Waals surface area contributed by atoms with Gasteiger partial charge >= 0.3 is 0 Å². The van der Waals surface area contributed by atoms with E-state index in [0.717, 1.165) is 31.0 Å². The zero-order valence-corrected chi connectivity index (χ0v) is 10.9. The lowest BCUT2D eigenvalue weighted by molar-refractivity contribution is -0.0261. The van der Waals surface area contributed by atoms with Crippen molar-refractivity contribution in [3.8, 4) is 0 Å². The lowest BCUT2D eigenvalue weighted by Gasteiger charge is -2.26. The summed E-state index contributed by atoms with van der Waals surface area (Å²) in [5, 5.41) is 16.7. The average Bonchev–Trinajstić information content (AvgIpc) is 2.63. The predicted octanol–water partition coefficient (Wildman–Crippen LogP) is 0.0710. The molecule has 0 spiro atoms. The minimum Gasteiger partial charge on any atom is -0.466 e. The zero-order chi connectivity index (χ0) is 12.8. The van der Waals surface area contributed by atoms with E-state index in [9.17, 15) is 5.11 Å². The van der Waals surface area contributed by atoms with Crippen molar-refractivity contribution < 1.29 is 14.3 Å². The van der Waals surface area contributed by atoms with Crippen LogP contribution in [0, 0.1) is 6.92 Å². The van der Waals surface area contributed by atoms with Crippen LogP contribution in [0.25, 0.3) is 0 Å². The van der Waals surface area contributed by atoms with Crippen LogP contribution in [0.3, 0.4) is 0 Å². The van der Waals surface area contributed by atoms with Gasteiger partial charge in [0.25, 0.3) is 0 Å². The Morgan fingerprint density at radius 2 is 2.39 bits per heavy atom. The summed E-state index contributed by atoms with van der Waals surface area (Å²) in [4.78, 5) is 0. The number of hydrogen-bond acceptors (Lipinski definition) is 5. The molecule has 1 aromatic rings. The van der Waals surface area contributed by atoms with Crippen molar-refractivity contribution in [3.63, 3.8) is 0 Å². The second-order valence-corrected chi connectivity index (χ2v) is 4.89. The molecule has 0 aromatic carbocycles. The van der Waals surface area contributed by atoms with Crippen LogP contribution in [0.15, 0.2) is 16.5 Å². The second-order valence-electron chi connectivity index (χ2n) is 4.89. The SMILES string of the molecule is Cc1ccc(CCNCC2(O)CNCCOC2)o1. The molecule has 18 heavy (non-hydrogen) atoms. The molecule has 5 nitrogen and oxygen atoms in total. The van der Waals surface area contributed by atoms with E-state index in [-0.39, 0.29) is 0 Å². The standard InChI is InChI=1S/C13H22N2O3/c1-11-2-3-12(18-11)4-5-14-8-13(16)9-15-6-7-17-10-13/h2-3,14-16H,4-10H2,1H3. The van der Waals surface area contributed by atoms with Crippen LogP contribution >= 0.6 is 0 Å². The highest BCUT2D eigenvalue weighted by Crippen LogP contribution is 2.07. The van der Waals surface area contributed by atoms with E-state index in [1.165, 1.54) is 0 Å². The van der Waals surface area contributed by atoms with Gasteiger partial charge in [-0.25, -0.2) is 0 Å². The molecular weight excluding hydrogens is 232 g/mol. The van der Waals surface area contributed by atoms with Crippen LogP contribution in [0.4, 0.5) is 0 Å². The van der Waals surface area contributed by atoms with Crippen LogP contribution in [-0.2, 0) is 11.2 Å². The zero-order valence-electron chi connectivity index (χ0n) is 10.9. The fourth-order valence-corrected chi connectivity index (χ4v) is 2.04. The maximum atomic E-state index is 10.3. The molecule has 2 heterocycles. The van der Waals surface area contributed by atoms with E-state index in [2.05, 4.69) is 10.6 Å². The molecule has 3 N–H and O–H groups in total. The van der Waals surface area contributed by atoms with Crippen molar-refractivity contribution >= 4 is 0 Å². The van der Waals surface area contributed by atoms with E-state index < -0.39 is 5.60 Å². The topological polar surface area (TPSA) is 66.7 Å². The van der Waals surface area contributed by atoms with Crippen molar-refractivity contribution in [2.24, 2.45) is 0 Å². The first-order valence-corrected chi connectivity index (χ1v) is 6.45. The van der Waals surface area contributed by atoms with Crippen LogP contribution in [0.2, 0.25) is 0 Å². The van der Waals surface area contributed by atoms with E-state index >= 15 is 0 Å². The van der Waals surface area contributed by atoms with Crippen molar-refractivity contribution in [2.75, 3.05) is 39.4 Å². The first-order chi connectivity index (χ1) is 8.68. The number of ether oxygens (including phenoxy) is 1. The Labute approximate surface area is 108 Å². The predicted molar refractivity (Wildman–Crippen MR) is 68.7 cm³/mol. The van der Waals surface area contributed by atoms with Gasteiger partial charge in [-0.2, -0.15) is 0 Å². The molecule has 1 aliphatic heterocycles. The fraction of sp³-hybridized carbons (Fsp3) is 0.692. The Bertz CT molecular complexity index is 357. The van der Waals surface area contributed by atoms with Gasteiger partial charge in [0, 0.05) is 32.6 Å². The molecule has 0 aliphatic carbocycles. The van der Waals surface area contributed by atoms with Gasteiger partial charge in [-0.15, -0.1) is 0 Å². The third-order valence-electron chi connectivity index (χ3n) is 3.05. The Morgan fingerprint density at radius 3 is 3.17 bits per heavy atom. The molecule has 0 bridgehead atoms. The molecule has 1 unspecified atom stereocenters. The van der Waals surface area contributed by atoms with Crippen LogP contribution in [-0.4, -0.2) is 50.1 Å². The van der Waals surface area contributed by atoms with Crippen molar-refractivity contribution in [1.82, 2.24) is 10.6 Å². The van der Waals surface area contributed by atoms with Crippen LogP contribution < -0.4 is 10.6 Å². The number of furan rings is 1. The molecule has 0 saturated carbocycles. The molecular formula is C13H22N2O3. The highest BCUT2D eigenvalue weighted by atomic mass is 16.5. The number of β-amino-alcohol motifs (C(OH)–C–C–N with tert-alkyl or cyclic N) is 1. The van der Waals surface area contributed by atoms with Gasteiger partial charge in [-0.1, -0.05) is 0 Å². The van der Waals surface area contributed by atoms with Gasteiger partial charge in [0.1, 0.15) is 17.1 Å². The maximum absolute atomic E-state index is 10.3. The summed E-state index contributed by atoms with van der Waals surface area (Å²) in [6.07, 6.45) is 0.832. The van der Waals surface area contributed by atoms with E-state index in [1.54, 1.807) is 0 Å². The molecule has 1 saturated heterocycles. The van der Waals surface area contributed by atoms with Gasteiger partial charge in [0.05, 0.1) is 13.2 Å². The molecule has 102 valence electrons. The summed E-state index contributed by atoms with van der Waals surface area (Å²) >= 11 is 0. The number of rotatable bonds is 5. The summed E-state index contributed by atoms with van der Waals surface area (Å²) < 4.78 is 10.8. The van der Waals surface area contributed by atoms with Crippen molar-refractivity contribution in [2.45, 2.75) is 18.9 Å². The Kier molecular flexibility index (Phi) is 4.77. The second kappa shape index (κ2) is 6.33. The van der Waals surface area contributed by atoms with Crippen LogP contribution in [0.1, 0.15) is 11.5 Å². The molecule has 1 atom stereocenters. The molecule has 0 amide bonds. The highest BCUT2D eigenvalue weighted by molar-refractivity contribution is 5.05. The quantitative estimate of drug-likeness (QED) is 0.649. The molecule has 1 aliphatic rings. The van der Waals surface area contributed by atoms with E-state index in [0.29, 0.717) is 26.3 Å². The number of aryl methyl sites for hydroxylation is 1. The van der Waals surface area contributed by atoms with Crippen molar-refractivity contribution in [1.29, 1.82) is 0 Å². The monoisotopic (exact) mass is 254 g/mol. The summed E-state index contributed by atoms with van der Waals surface area (Å²) in [6, 6.07) is 3.95. The lowest BCUT2D eigenvalue weighted by atomic mass is 10.1. The van der Waals surface area contributed by atoms with E-state index in [4.69, 9.17) is 9.15 Å². The smallest absolute Gasteiger partial charge is 0.113 e. The van der Waals surface area contributed by atoms with Crippen molar-refractivity contribution in [3.05, 3.63) is 23.7 Å². The maximum Gasteiger partial charge on any atom is 0.113 e. The normalized spacial score (nSPS) is 25.0. The van der Waals surface area contributed by atoms with Crippen LogP contribution in [0.5, 0.6) is 0 Å². The molecule has 1 fully saturated rings. The van der Waals surface area contributed by atoms with Gasteiger partial charge in [-0.05, 0) is 19.1 Å². The summed E-state index contributed by atoms with van der Waals surface area (Å²) in [7, 11) is 0.